The van der Waals surface area contributed by atoms with Crippen LogP contribution >= 0.6 is 7.75 Å². The first-order chi connectivity index (χ1) is 24.5. The molecule has 17 heteroatoms. The molecule has 4 N–H and O–H groups in total. The summed E-state index contributed by atoms with van der Waals surface area (Å²) in [5.74, 6) is -0.216. The largest absolute Gasteiger partial charge is 0.464 e. The zero-order valence-corrected chi connectivity index (χ0v) is 36.6. The normalized spacial score (nSPS) is 21.1. The highest BCUT2D eigenvalue weighted by Crippen LogP contribution is 2.53. The highest BCUT2D eigenvalue weighted by atomic mass is 31.2. The average Bonchev–Trinajstić information content (AvgIpc) is 3.30. The van der Waals surface area contributed by atoms with Gasteiger partial charge in [-0.05, 0) is 53.2 Å². The number of anilines is 1. The van der Waals surface area contributed by atoms with Gasteiger partial charge in [0.1, 0.15) is 29.9 Å². The summed E-state index contributed by atoms with van der Waals surface area (Å²) < 4.78 is 54.4. The molecule has 0 bridgehead atoms. The molecule has 5 atom stereocenters. The minimum absolute atomic E-state index is 0.0619. The Balaban J connectivity index is 2.12. The minimum Gasteiger partial charge on any atom is -0.464 e. The van der Waals surface area contributed by atoms with E-state index in [9.17, 15) is 18.9 Å². The predicted molar refractivity (Wildman–Crippen MR) is 210 cm³/mol. The summed E-state index contributed by atoms with van der Waals surface area (Å²) in [6, 6.07) is 8.91. The van der Waals surface area contributed by atoms with Gasteiger partial charge in [0, 0.05) is 11.6 Å². The summed E-state index contributed by atoms with van der Waals surface area (Å²) in [4.78, 5) is 42.2. The molecule has 5 unspecified atom stereocenters. The Kier molecular flexibility index (Phi) is 15.3. The molecule has 1 fully saturated rings. The number of nitrogens with two attached hydrogens (primary N) is 1. The maximum atomic E-state index is 14.6. The molecule has 1 aromatic heterocycles. The van der Waals surface area contributed by atoms with Crippen LogP contribution in [0.4, 0.5) is 5.82 Å². The lowest BCUT2D eigenvalue weighted by molar-refractivity contribution is -0.146. The highest BCUT2D eigenvalue weighted by molar-refractivity contribution is 7.52. The van der Waals surface area contributed by atoms with Crippen LogP contribution in [-0.2, 0) is 31.9 Å². The number of carbonyl (C=O) groups is 1. The van der Waals surface area contributed by atoms with E-state index in [1.165, 1.54) is 23.8 Å². The molecule has 0 amide bonds. The van der Waals surface area contributed by atoms with Gasteiger partial charge >= 0.3 is 36.5 Å². The molecule has 1 aromatic carbocycles. The summed E-state index contributed by atoms with van der Waals surface area (Å²) in [5, 5.41) is 2.74. The number of hydrogen-bond acceptors (Lipinski definition) is 12. The Morgan fingerprint density at radius 1 is 1.00 bits per heavy atom. The topological polar surface area (TPSA) is 183 Å². The zero-order valence-electron chi connectivity index (χ0n) is 33.7. The number of hydrogen-bond donors (Lipinski definition) is 3. The zero-order chi connectivity index (χ0) is 40.1. The van der Waals surface area contributed by atoms with Crippen LogP contribution in [0.2, 0.25) is 22.2 Å². The number of benzene rings is 1. The first-order valence-corrected chi connectivity index (χ1v) is 24.1. The smallest absolute Gasteiger partial charge is 0.459 e. The number of aromatic nitrogens is 2. The second-order valence-electron chi connectivity index (χ2n) is 16.2. The summed E-state index contributed by atoms with van der Waals surface area (Å²) in [5.41, 5.74) is 3.77. The van der Waals surface area contributed by atoms with E-state index in [1.54, 1.807) is 30.3 Å². The molecule has 1 aliphatic heterocycles. The number of carbonyl (C=O) groups excluding carboxylic acids is 1. The lowest BCUT2D eigenvalue weighted by atomic mass is 9.84. The van der Waals surface area contributed by atoms with E-state index >= 15 is 0 Å². The van der Waals surface area contributed by atoms with Crippen LogP contribution in [0.25, 0.3) is 0 Å². The van der Waals surface area contributed by atoms with Gasteiger partial charge in [-0.1, -0.05) is 101 Å². The van der Waals surface area contributed by atoms with Crippen LogP contribution in [-0.4, -0.2) is 68.9 Å². The first kappa shape index (κ1) is 45.0. The van der Waals surface area contributed by atoms with Crippen molar-refractivity contribution in [2.45, 2.75) is 137 Å². The molecule has 53 heavy (non-hydrogen) atoms. The van der Waals surface area contributed by atoms with Gasteiger partial charge < -0.3 is 33.1 Å². The van der Waals surface area contributed by atoms with Crippen molar-refractivity contribution < 1.29 is 41.2 Å². The Morgan fingerprint density at radius 2 is 1.58 bits per heavy atom. The maximum Gasteiger partial charge on any atom is 0.459 e. The van der Waals surface area contributed by atoms with Crippen molar-refractivity contribution in [1.29, 1.82) is 0 Å². The molecule has 2 aromatic rings. The summed E-state index contributed by atoms with van der Waals surface area (Å²) in [6.07, 6.45) is -1.17. The quantitative estimate of drug-likeness (QED) is 0.0748. The van der Waals surface area contributed by atoms with Crippen LogP contribution < -0.4 is 21.0 Å². The highest BCUT2D eigenvalue weighted by Gasteiger charge is 2.61. The molecule has 14 nitrogen and oxygen atoms in total. The SMILES string of the molecule is CC(C)COC(=O)C(C)NP(=O)(OCC1OC(n2ccc(N)nc2=O)C(C)(C)C1O[Si](O[Si](O)(C(C)C)C(C)C)(C(C)C)C(C)C)Oc1ccccc1. The number of rotatable bonds is 19. The Labute approximate surface area is 317 Å². The second kappa shape index (κ2) is 18.0. The van der Waals surface area contributed by atoms with Gasteiger partial charge in [0.05, 0.1) is 19.3 Å². The molecule has 300 valence electrons. The Hall–Kier alpha value is -2.41. The van der Waals surface area contributed by atoms with Crippen molar-refractivity contribution in [3.05, 3.63) is 53.1 Å². The van der Waals surface area contributed by atoms with Gasteiger partial charge in [-0.25, -0.2) is 9.36 Å². The number of nitrogens with zero attached hydrogens (tertiary/aromatic N) is 2. The monoisotopic (exact) mass is 798 g/mol. The van der Waals surface area contributed by atoms with E-state index in [-0.39, 0.29) is 52.9 Å². The number of ether oxygens (including phenoxy) is 2. The second-order valence-corrected chi connectivity index (χ2v) is 26.5. The maximum absolute atomic E-state index is 14.6. The molecule has 1 saturated heterocycles. The summed E-state index contributed by atoms with van der Waals surface area (Å²) >= 11 is 0. The van der Waals surface area contributed by atoms with Gasteiger partial charge in [0.15, 0.2) is 0 Å². The van der Waals surface area contributed by atoms with E-state index in [2.05, 4.69) is 10.1 Å². The molecule has 0 saturated carbocycles. The van der Waals surface area contributed by atoms with E-state index in [4.69, 9.17) is 32.8 Å². The van der Waals surface area contributed by atoms with Gasteiger partial charge in [-0.2, -0.15) is 10.1 Å². The average molecular weight is 799 g/mol. The number of para-hydroxylation sites is 1. The lowest BCUT2D eigenvalue weighted by Gasteiger charge is -2.48. The molecule has 1 aliphatic rings. The third-order valence-electron chi connectivity index (χ3n) is 9.66. The molecule has 3 rings (SSSR count). The van der Waals surface area contributed by atoms with E-state index < -0.39 is 66.4 Å². The number of nitrogens with one attached hydrogen (secondary N) is 1. The van der Waals surface area contributed by atoms with E-state index in [0.29, 0.717) is 0 Å². The van der Waals surface area contributed by atoms with Crippen LogP contribution in [0.3, 0.4) is 0 Å². The summed E-state index contributed by atoms with van der Waals surface area (Å²) in [7, 11) is -11.1. The third kappa shape index (κ3) is 10.7. The third-order valence-corrected chi connectivity index (χ3v) is 21.0. The van der Waals surface area contributed by atoms with Crippen LogP contribution in [0.5, 0.6) is 5.75 Å². The molecule has 2 heterocycles. The lowest BCUT2D eigenvalue weighted by Crippen LogP contribution is -2.62. The Morgan fingerprint density at radius 3 is 2.09 bits per heavy atom. The van der Waals surface area contributed by atoms with Crippen molar-refractivity contribution in [3.63, 3.8) is 0 Å². The fourth-order valence-electron chi connectivity index (χ4n) is 6.52. The summed E-state index contributed by atoms with van der Waals surface area (Å²) in [6.45, 7) is 25.0. The van der Waals surface area contributed by atoms with Crippen LogP contribution in [0.15, 0.2) is 47.4 Å². The predicted octanol–water partition coefficient (Wildman–Crippen LogP) is 7.05. The molecular formula is C36H63N4O10PSi2. The van der Waals surface area contributed by atoms with Gasteiger partial charge in [0.2, 0.25) is 0 Å². The van der Waals surface area contributed by atoms with Crippen molar-refractivity contribution in [2.75, 3.05) is 18.9 Å². The van der Waals surface area contributed by atoms with E-state index in [0.717, 1.165) is 0 Å². The number of esters is 1. The fourth-order valence-corrected chi connectivity index (χ4v) is 18.1. The van der Waals surface area contributed by atoms with Crippen molar-refractivity contribution in [1.82, 2.24) is 14.6 Å². The van der Waals surface area contributed by atoms with Crippen molar-refractivity contribution >= 4 is 36.7 Å². The van der Waals surface area contributed by atoms with Crippen LogP contribution in [0, 0.1) is 11.3 Å². The van der Waals surface area contributed by atoms with Gasteiger partial charge in [-0.3, -0.25) is 13.9 Å². The van der Waals surface area contributed by atoms with Crippen molar-refractivity contribution in [3.8, 4) is 5.75 Å². The minimum atomic E-state index is -4.31. The molecule has 0 aliphatic carbocycles. The van der Waals surface area contributed by atoms with Gasteiger partial charge in [-0.15, -0.1) is 0 Å². The first-order valence-electron chi connectivity index (χ1n) is 18.5. The molecular weight excluding hydrogens is 736 g/mol. The Bertz CT molecular complexity index is 1590. The molecule has 0 spiro atoms. The van der Waals surface area contributed by atoms with Crippen molar-refractivity contribution in [2.24, 2.45) is 11.3 Å². The fraction of sp³-hybridized carbons (Fsp3) is 0.694. The molecule has 0 radical (unpaired) electrons. The number of nitrogen functional groups attached to an aromatic ring is 1. The standard InChI is InChI=1S/C36H63N4O10PSi2/c1-23(2)21-45-33(41)28(11)39-51(43,48-29-17-15-14-16-18-29)46-22-30-32(36(12,13)34(47-30)40-20-19-31(37)38-35(40)42)49-53(26(7)8,27(9)10)50-52(44,24(3)4)25(5)6/h14-20,23-28,30,32,34,44H,21-22H2,1-13H3,(H,39,43)(H2,37,38,42). The van der Waals surface area contributed by atoms with E-state index in [1.807, 2.05) is 83.1 Å². The van der Waals surface area contributed by atoms with Crippen LogP contribution in [0.1, 0.15) is 96.2 Å². The van der Waals surface area contributed by atoms with Gasteiger partial charge in [0.25, 0.3) is 0 Å².